The summed E-state index contributed by atoms with van der Waals surface area (Å²) in [6, 6.07) is 4.42. The zero-order chi connectivity index (χ0) is 13.1. The van der Waals surface area contributed by atoms with Crippen molar-refractivity contribution in [3.05, 3.63) is 51.5 Å². The van der Waals surface area contributed by atoms with E-state index in [1.165, 1.54) is 12.1 Å². The van der Waals surface area contributed by atoms with Crippen LogP contribution in [0.2, 0.25) is 0 Å². The van der Waals surface area contributed by atoms with Crippen molar-refractivity contribution in [3.63, 3.8) is 0 Å². The quantitative estimate of drug-likeness (QED) is 0.915. The summed E-state index contributed by atoms with van der Waals surface area (Å²) in [6.07, 6.45) is 1.63. The van der Waals surface area contributed by atoms with Gasteiger partial charge in [0.25, 0.3) is 5.91 Å². The molecule has 0 radical (unpaired) electrons. The molecule has 0 fully saturated rings. The molecule has 1 amide bonds. The van der Waals surface area contributed by atoms with E-state index in [0.717, 1.165) is 11.3 Å². The number of H-pyrrole nitrogens is 1. The van der Waals surface area contributed by atoms with Gasteiger partial charge in [-0.2, -0.15) is 5.10 Å². The van der Waals surface area contributed by atoms with Gasteiger partial charge in [0.15, 0.2) is 0 Å². The average molecular weight is 312 g/mol. The summed E-state index contributed by atoms with van der Waals surface area (Å²) in [6.45, 7) is 2.16. The molecule has 4 nitrogen and oxygen atoms in total. The number of aromatic amines is 1. The highest BCUT2D eigenvalue weighted by atomic mass is 79.9. The first-order valence-electron chi connectivity index (χ1n) is 5.30. The minimum Gasteiger partial charge on any atom is -0.348 e. The van der Waals surface area contributed by atoms with Crippen LogP contribution in [0.4, 0.5) is 4.39 Å². The Morgan fingerprint density at radius 2 is 2.33 bits per heavy atom. The molecule has 0 saturated heterocycles. The van der Waals surface area contributed by atoms with Gasteiger partial charge in [-0.05, 0) is 35.0 Å². The fourth-order valence-corrected chi connectivity index (χ4v) is 2.05. The molecule has 0 aliphatic heterocycles. The second kappa shape index (κ2) is 5.30. The molecule has 0 bridgehead atoms. The van der Waals surface area contributed by atoms with E-state index in [1.807, 2.05) is 6.92 Å². The number of hydrogen-bond donors (Lipinski definition) is 2. The van der Waals surface area contributed by atoms with Gasteiger partial charge in [-0.1, -0.05) is 6.07 Å². The number of aromatic nitrogens is 2. The van der Waals surface area contributed by atoms with Crippen molar-refractivity contribution in [1.82, 2.24) is 15.5 Å². The molecule has 94 valence electrons. The summed E-state index contributed by atoms with van der Waals surface area (Å²) >= 11 is 3.16. The first-order valence-corrected chi connectivity index (χ1v) is 6.10. The summed E-state index contributed by atoms with van der Waals surface area (Å²) in [5, 5.41) is 9.27. The highest BCUT2D eigenvalue weighted by molar-refractivity contribution is 9.10. The van der Waals surface area contributed by atoms with Crippen molar-refractivity contribution in [3.8, 4) is 0 Å². The fraction of sp³-hybridized carbons (Fsp3) is 0.167. The van der Waals surface area contributed by atoms with Gasteiger partial charge in [0.05, 0.1) is 11.8 Å². The maximum atomic E-state index is 13.5. The first-order chi connectivity index (χ1) is 8.59. The lowest BCUT2D eigenvalue weighted by molar-refractivity contribution is 0.0946. The molecule has 0 aliphatic carbocycles. The third-order valence-electron chi connectivity index (χ3n) is 2.56. The molecule has 18 heavy (non-hydrogen) atoms. The zero-order valence-corrected chi connectivity index (χ0v) is 11.2. The maximum absolute atomic E-state index is 13.5. The maximum Gasteiger partial charge on any atom is 0.255 e. The van der Waals surface area contributed by atoms with Crippen LogP contribution in [-0.4, -0.2) is 16.1 Å². The van der Waals surface area contributed by atoms with Gasteiger partial charge in [-0.15, -0.1) is 0 Å². The number of aryl methyl sites for hydroxylation is 1. The Bertz CT molecular complexity index is 562. The van der Waals surface area contributed by atoms with Crippen molar-refractivity contribution >= 4 is 21.8 Å². The smallest absolute Gasteiger partial charge is 0.255 e. The van der Waals surface area contributed by atoms with Crippen LogP contribution < -0.4 is 5.32 Å². The highest BCUT2D eigenvalue weighted by Crippen LogP contribution is 2.19. The van der Waals surface area contributed by atoms with Gasteiger partial charge in [-0.25, -0.2) is 4.39 Å². The van der Waals surface area contributed by atoms with Crippen LogP contribution >= 0.6 is 15.9 Å². The molecular formula is C12H11BrFN3O. The molecule has 1 aromatic heterocycles. The molecule has 1 heterocycles. The third kappa shape index (κ3) is 2.59. The van der Waals surface area contributed by atoms with E-state index in [-0.39, 0.29) is 5.56 Å². The Labute approximate surface area is 112 Å². The van der Waals surface area contributed by atoms with E-state index in [4.69, 9.17) is 0 Å². The number of nitrogens with zero attached hydrogens (tertiary/aromatic N) is 1. The van der Waals surface area contributed by atoms with Crippen molar-refractivity contribution in [2.45, 2.75) is 13.5 Å². The molecule has 0 aliphatic rings. The Kier molecular flexibility index (Phi) is 3.76. The Hall–Kier alpha value is -1.69. The molecule has 0 unspecified atom stereocenters. The summed E-state index contributed by atoms with van der Waals surface area (Å²) in [5.41, 5.74) is 1.76. The fourth-order valence-electron chi connectivity index (χ4n) is 1.53. The van der Waals surface area contributed by atoms with Crippen LogP contribution in [0.25, 0.3) is 0 Å². The number of halogens is 2. The van der Waals surface area contributed by atoms with Gasteiger partial charge < -0.3 is 5.32 Å². The lowest BCUT2D eigenvalue weighted by Crippen LogP contribution is -2.24. The minimum absolute atomic E-state index is 0.0126. The van der Waals surface area contributed by atoms with Crippen LogP contribution in [0, 0.1) is 12.7 Å². The van der Waals surface area contributed by atoms with E-state index in [0.29, 0.717) is 11.0 Å². The van der Waals surface area contributed by atoms with Crippen LogP contribution in [0.5, 0.6) is 0 Å². The zero-order valence-electron chi connectivity index (χ0n) is 9.63. The number of carbonyl (C=O) groups excluding carboxylic acids is 1. The van der Waals surface area contributed by atoms with Gasteiger partial charge in [0.1, 0.15) is 5.82 Å². The molecule has 0 spiro atoms. The van der Waals surface area contributed by atoms with Crippen LogP contribution in [0.3, 0.4) is 0 Å². The van der Waals surface area contributed by atoms with Gasteiger partial charge >= 0.3 is 0 Å². The molecule has 0 saturated carbocycles. The monoisotopic (exact) mass is 311 g/mol. The van der Waals surface area contributed by atoms with E-state index in [2.05, 4.69) is 31.4 Å². The number of nitrogens with one attached hydrogen (secondary N) is 2. The van der Waals surface area contributed by atoms with Gasteiger partial charge in [-0.3, -0.25) is 9.89 Å². The van der Waals surface area contributed by atoms with E-state index in [9.17, 15) is 9.18 Å². The normalized spacial score (nSPS) is 10.4. The van der Waals surface area contributed by atoms with Gasteiger partial charge in [0, 0.05) is 22.3 Å². The number of benzene rings is 1. The van der Waals surface area contributed by atoms with Crippen molar-refractivity contribution in [2.75, 3.05) is 0 Å². The molecule has 2 aromatic rings. The molecule has 6 heteroatoms. The Morgan fingerprint density at radius 1 is 1.56 bits per heavy atom. The van der Waals surface area contributed by atoms with Crippen molar-refractivity contribution in [1.29, 1.82) is 0 Å². The lowest BCUT2D eigenvalue weighted by Gasteiger charge is -2.07. The lowest BCUT2D eigenvalue weighted by atomic mass is 10.2. The average Bonchev–Trinajstić information content (AvgIpc) is 2.72. The van der Waals surface area contributed by atoms with Crippen LogP contribution in [0.15, 0.2) is 28.9 Å². The number of carbonyl (C=O) groups is 1. The van der Waals surface area contributed by atoms with E-state index in [1.54, 1.807) is 12.3 Å². The molecule has 1 aromatic carbocycles. The standard InChI is InChI=1S/C12H11BrFN3O/c1-7-8(6-16-17-7)5-15-12(18)11-9(13)3-2-4-10(11)14/h2-4,6H,5H2,1H3,(H,15,18)(H,16,17). The van der Waals surface area contributed by atoms with Crippen molar-refractivity contribution < 1.29 is 9.18 Å². The predicted octanol–water partition coefficient (Wildman–Crippen LogP) is 2.55. The molecule has 2 N–H and O–H groups in total. The van der Waals surface area contributed by atoms with E-state index < -0.39 is 11.7 Å². The van der Waals surface area contributed by atoms with Crippen molar-refractivity contribution in [2.24, 2.45) is 0 Å². The molecular weight excluding hydrogens is 301 g/mol. The summed E-state index contributed by atoms with van der Waals surface area (Å²) in [4.78, 5) is 11.9. The Morgan fingerprint density at radius 3 is 2.94 bits per heavy atom. The number of amides is 1. The molecule has 0 atom stereocenters. The molecule has 2 rings (SSSR count). The number of hydrogen-bond acceptors (Lipinski definition) is 2. The van der Waals surface area contributed by atoms with Gasteiger partial charge in [0.2, 0.25) is 0 Å². The largest absolute Gasteiger partial charge is 0.348 e. The van der Waals surface area contributed by atoms with Crippen LogP contribution in [-0.2, 0) is 6.54 Å². The van der Waals surface area contributed by atoms with Crippen LogP contribution in [0.1, 0.15) is 21.6 Å². The summed E-state index contributed by atoms with van der Waals surface area (Å²) in [5.74, 6) is -1.01. The highest BCUT2D eigenvalue weighted by Gasteiger charge is 2.15. The second-order valence-electron chi connectivity index (χ2n) is 3.80. The topological polar surface area (TPSA) is 57.8 Å². The van der Waals surface area contributed by atoms with E-state index >= 15 is 0 Å². The summed E-state index contributed by atoms with van der Waals surface area (Å²) < 4.78 is 14.0. The minimum atomic E-state index is -0.550. The first kappa shape index (κ1) is 12.8. The third-order valence-corrected chi connectivity index (χ3v) is 3.22. The predicted molar refractivity (Wildman–Crippen MR) is 68.6 cm³/mol. The Balaban J connectivity index is 2.11. The summed E-state index contributed by atoms with van der Waals surface area (Å²) in [7, 11) is 0. The SMILES string of the molecule is Cc1[nH]ncc1CNC(=O)c1c(F)cccc1Br. The number of rotatable bonds is 3. The second-order valence-corrected chi connectivity index (χ2v) is 4.65.